The van der Waals surface area contributed by atoms with Gasteiger partial charge in [-0.25, -0.2) is 9.07 Å². The van der Waals surface area contributed by atoms with Crippen LogP contribution in [0, 0.1) is 5.82 Å². The lowest BCUT2D eigenvalue weighted by Crippen LogP contribution is -2.21. The second-order valence-electron chi connectivity index (χ2n) is 7.02. The van der Waals surface area contributed by atoms with Crippen LogP contribution in [0.15, 0.2) is 79.1 Å². The van der Waals surface area contributed by atoms with Crippen LogP contribution >= 0.6 is 11.6 Å². The van der Waals surface area contributed by atoms with Crippen molar-refractivity contribution in [1.29, 1.82) is 0 Å². The van der Waals surface area contributed by atoms with Gasteiger partial charge in [0.1, 0.15) is 22.7 Å². The quantitative estimate of drug-likeness (QED) is 0.401. The van der Waals surface area contributed by atoms with Gasteiger partial charge in [0.05, 0.1) is 18.7 Å². The predicted octanol–water partition coefficient (Wildman–Crippen LogP) is 4.66. The summed E-state index contributed by atoms with van der Waals surface area (Å²) in [4.78, 5) is 17.1. The molecule has 2 N–H and O–H groups in total. The van der Waals surface area contributed by atoms with Crippen molar-refractivity contribution in [3.05, 3.63) is 90.5 Å². The fourth-order valence-electron chi connectivity index (χ4n) is 3.40. The summed E-state index contributed by atoms with van der Waals surface area (Å²) >= 11 is 6.43. The molecule has 1 amide bonds. The van der Waals surface area contributed by atoms with Gasteiger partial charge in [0.15, 0.2) is 0 Å². The lowest BCUT2D eigenvalue weighted by atomic mass is 10.0. The number of aliphatic hydroxyl groups excluding tert-OH is 1. The first-order valence-electron chi connectivity index (χ1n) is 9.96. The monoisotopic (exact) mass is 450 g/mol. The minimum atomic E-state index is -0.923. The minimum absolute atomic E-state index is 0.146. The number of benzene rings is 2. The van der Waals surface area contributed by atoms with Crippen molar-refractivity contribution in [2.45, 2.75) is 11.9 Å². The predicted molar refractivity (Wildman–Crippen MR) is 122 cm³/mol. The third kappa shape index (κ3) is 4.54. The van der Waals surface area contributed by atoms with Gasteiger partial charge in [-0.3, -0.25) is 9.78 Å². The molecule has 1 unspecified atom stereocenters. The van der Waals surface area contributed by atoms with Crippen molar-refractivity contribution in [1.82, 2.24) is 14.8 Å². The maximum Gasteiger partial charge on any atom is 0.248 e. The van der Waals surface area contributed by atoms with Crippen LogP contribution in [-0.2, 0) is 11.3 Å². The molecular weight excluding hydrogens is 431 g/mol. The lowest BCUT2D eigenvalue weighted by Gasteiger charge is -2.14. The highest BCUT2D eigenvalue weighted by Gasteiger charge is 2.25. The van der Waals surface area contributed by atoms with Crippen LogP contribution < -0.4 is 5.32 Å². The normalized spacial score (nSPS) is 11.8. The van der Waals surface area contributed by atoms with E-state index in [1.54, 1.807) is 48.8 Å². The Bertz CT molecular complexity index is 1200. The number of carbonyl (C=O) groups excluding carboxylic acids is 1. The van der Waals surface area contributed by atoms with Crippen molar-refractivity contribution in [3.63, 3.8) is 0 Å². The number of aliphatic hydroxyl groups is 1. The molecule has 4 rings (SSSR count). The van der Waals surface area contributed by atoms with E-state index in [-0.39, 0.29) is 19.0 Å². The summed E-state index contributed by atoms with van der Waals surface area (Å²) in [6, 6.07) is 18.5. The number of nitrogens with zero attached hydrogens (tertiary/aromatic N) is 3. The number of alkyl halides is 1. The number of pyridine rings is 1. The van der Waals surface area contributed by atoms with Crippen LogP contribution in [0.5, 0.6) is 0 Å². The van der Waals surface area contributed by atoms with Gasteiger partial charge in [0, 0.05) is 18.0 Å². The Morgan fingerprint density at radius 1 is 1.03 bits per heavy atom. The molecule has 0 aliphatic rings. The van der Waals surface area contributed by atoms with Crippen LogP contribution in [0.1, 0.15) is 10.9 Å². The van der Waals surface area contributed by atoms with E-state index in [9.17, 15) is 14.3 Å². The van der Waals surface area contributed by atoms with Gasteiger partial charge in [0.2, 0.25) is 5.91 Å². The maximum absolute atomic E-state index is 13.5. The summed E-state index contributed by atoms with van der Waals surface area (Å²) in [6.07, 6.45) is 3.26. The maximum atomic E-state index is 13.5. The third-order valence-electron chi connectivity index (χ3n) is 4.91. The van der Waals surface area contributed by atoms with E-state index in [1.165, 1.54) is 16.8 Å². The van der Waals surface area contributed by atoms with Crippen LogP contribution in [-0.4, -0.2) is 32.4 Å². The molecule has 0 saturated carbocycles. The molecular formula is C24H20ClFN4O2. The number of hydrogen-bond acceptors (Lipinski definition) is 4. The van der Waals surface area contributed by atoms with Crippen LogP contribution in [0.4, 0.5) is 10.2 Å². The summed E-state index contributed by atoms with van der Waals surface area (Å²) in [6.45, 7) is -0.0423. The highest BCUT2D eigenvalue weighted by atomic mass is 35.5. The molecule has 2 heterocycles. The van der Waals surface area contributed by atoms with E-state index in [0.29, 0.717) is 28.2 Å². The first-order chi connectivity index (χ1) is 15.6. The fraction of sp³-hybridized carbons (Fsp3) is 0.125. The largest absolute Gasteiger partial charge is 0.394 e. The molecule has 2 aromatic heterocycles. The Hall–Kier alpha value is -3.55. The molecule has 8 heteroatoms. The van der Waals surface area contributed by atoms with Gasteiger partial charge in [-0.15, -0.1) is 11.6 Å². The minimum Gasteiger partial charge on any atom is -0.394 e. The Morgan fingerprint density at radius 2 is 1.72 bits per heavy atom. The zero-order chi connectivity index (χ0) is 22.5. The molecule has 4 aromatic rings. The molecule has 0 fully saturated rings. The highest BCUT2D eigenvalue weighted by Crippen LogP contribution is 2.38. The Morgan fingerprint density at radius 3 is 2.38 bits per heavy atom. The van der Waals surface area contributed by atoms with Crippen molar-refractivity contribution in [2.75, 3.05) is 11.9 Å². The molecule has 0 aliphatic carbocycles. The van der Waals surface area contributed by atoms with Gasteiger partial charge in [-0.1, -0.05) is 30.3 Å². The van der Waals surface area contributed by atoms with Crippen molar-refractivity contribution in [2.24, 2.45) is 0 Å². The first kappa shape index (κ1) is 21.7. The highest BCUT2D eigenvalue weighted by molar-refractivity contribution is 6.32. The second kappa shape index (κ2) is 9.72. The van der Waals surface area contributed by atoms with E-state index < -0.39 is 11.3 Å². The van der Waals surface area contributed by atoms with Crippen LogP contribution in [0.2, 0.25) is 0 Å². The molecule has 0 saturated heterocycles. The summed E-state index contributed by atoms with van der Waals surface area (Å²) in [5.41, 5.74) is 3.23. The van der Waals surface area contributed by atoms with E-state index in [2.05, 4.69) is 15.4 Å². The van der Waals surface area contributed by atoms with Crippen LogP contribution in [0.3, 0.4) is 0 Å². The standard InChI is InChI=1S/C24H20ClFN4O2/c25-21(17-4-2-1-3-5-17)24(32)28-23-20(16-10-12-27-13-11-16)22(29-30(23)14-15-31)18-6-8-19(26)9-7-18/h1-13,21,31H,14-15H2,(H,28,32). The van der Waals surface area contributed by atoms with Gasteiger partial charge < -0.3 is 10.4 Å². The first-order valence-corrected chi connectivity index (χ1v) is 10.4. The van der Waals surface area contributed by atoms with Gasteiger partial charge >= 0.3 is 0 Å². The summed E-state index contributed by atoms with van der Waals surface area (Å²) in [5.74, 6) is -0.413. The average Bonchev–Trinajstić information content (AvgIpc) is 3.18. The molecule has 1 atom stereocenters. The number of aromatic nitrogens is 3. The topological polar surface area (TPSA) is 80.0 Å². The number of anilines is 1. The van der Waals surface area contributed by atoms with Crippen LogP contribution in [0.25, 0.3) is 22.4 Å². The molecule has 162 valence electrons. The van der Waals surface area contributed by atoms with E-state index in [0.717, 1.165) is 5.56 Å². The van der Waals surface area contributed by atoms with Crippen molar-refractivity contribution < 1.29 is 14.3 Å². The number of nitrogens with one attached hydrogen (secondary N) is 1. The second-order valence-corrected chi connectivity index (χ2v) is 7.46. The van der Waals surface area contributed by atoms with Crippen molar-refractivity contribution >= 4 is 23.3 Å². The van der Waals surface area contributed by atoms with Gasteiger partial charge in [-0.2, -0.15) is 5.10 Å². The van der Waals surface area contributed by atoms with Crippen molar-refractivity contribution in [3.8, 4) is 22.4 Å². The zero-order valence-electron chi connectivity index (χ0n) is 17.0. The molecule has 32 heavy (non-hydrogen) atoms. The van der Waals surface area contributed by atoms with Gasteiger partial charge in [-0.05, 0) is 47.5 Å². The van der Waals surface area contributed by atoms with E-state index >= 15 is 0 Å². The third-order valence-corrected chi connectivity index (χ3v) is 5.37. The smallest absolute Gasteiger partial charge is 0.248 e. The van der Waals surface area contributed by atoms with E-state index in [4.69, 9.17) is 11.6 Å². The SMILES string of the molecule is O=C(Nc1c(-c2ccncc2)c(-c2ccc(F)cc2)nn1CCO)C(Cl)c1ccccc1. The average molecular weight is 451 g/mol. The molecule has 0 spiro atoms. The molecule has 6 nitrogen and oxygen atoms in total. The number of amides is 1. The summed E-state index contributed by atoms with van der Waals surface area (Å²) in [5, 5.41) is 16.2. The molecule has 0 bridgehead atoms. The Kier molecular flexibility index (Phi) is 6.58. The van der Waals surface area contributed by atoms with E-state index in [1.807, 2.05) is 18.2 Å². The Labute approximate surface area is 189 Å². The fourth-order valence-corrected chi connectivity index (χ4v) is 3.60. The zero-order valence-corrected chi connectivity index (χ0v) is 17.7. The summed E-state index contributed by atoms with van der Waals surface area (Å²) in [7, 11) is 0. The summed E-state index contributed by atoms with van der Waals surface area (Å²) < 4.78 is 15.0. The lowest BCUT2D eigenvalue weighted by molar-refractivity contribution is -0.116. The number of rotatable bonds is 7. The molecule has 2 aromatic carbocycles. The number of hydrogen-bond donors (Lipinski definition) is 2. The van der Waals surface area contributed by atoms with Gasteiger partial charge in [0.25, 0.3) is 0 Å². The molecule has 0 radical (unpaired) electrons. The number of halogens is 2. The molecule has 0 aliphatic heterocycles. The Balaban J connectivity index is 1.82. The number of carbonyl (C=O) groups is 1.